The van der Waals surface area contributed by atoms with Crippen LogP contribution in [-0.2, 0) is 0 Å². The zero-order valence-electron chi connectivity index (χ0n) is 10.1. The van der Waals surface area contributed by atoms with E-state index in [0.717, 1.165) is 11.1 Å². The number of oxazole rings is 1. The molecule has 0 aliphatic rings. The number of benzene rings is 2. The van der Waals surface area contributed by atoms with Gasteiger partial charge in [0.05, 0.1) is 11.6 Å². The average molecular weight is 255 g/mol. The number of hydrogen-bond donors (Lipinski definition) is 3. The van der Waals surface area contributed by atoms with E-state index in [1.54, 1.807) is 6.07 Å². The second kappa shape index (κ2) is 4.29. The fraction of sp³-hybridized carbons (Fsp3) is 0.0714. The summed E-state index contributed by atoms with van der Waals surface area (Å²) in [5.74, 6) is -0.468. The molecule has 0 saturated carbocycles. The van der Waals surface area contributed by atoms with Crippen molar-refractivity contribution in [3.05, 3.63) is 64.1 Å². The third kappa shape index (κ3) is 2.11. The Balaban J connectivity index is 2.05. The average Bonchev–Trinajstić information content (AvgIpc) is 2.76. The summed E-state index contributed by atoms with van der Waals surface area (Å²) in [5.41, 5.74) is 15.6. The summed E-state index contributed by atoms with van der Waals surface area (Å²) in [6.07, 6.45) is 0. The van der Waals surface area contributed by atoms with E-state index in [0.29, 0.717) is 16.8 Å². The van der Waals surface area contributed by atoms with Crippen molar-refractivity contribution < 1.29 is 4.42 Å². The first-order valence-corrected chi connectivity index (χ1v) is 5.87. The third-order valence-corrected chi connectivity index (χ3v) is 3.07. The maximum absolute atomic E-state index is 11.1. The van der Waals surface area contributed by atoms with Gasteiger partial charge in [0, 0.05) is 5.69 Å². The Hall–Kier alpha value is -2.53. The van der Waals surface area contributed by atoms with E-state index in [9.17, 15) is 4.79 Å². The van der Waals surface area contributed by atoms with Crippen LogP contribution in [0.15, 0.2) is 51.7 Å². The Morgan fingerprint density at radius 1 is 1.11 bits per heavy atom. The largest absolute Gasteiger partial charge is 0.417 e. The molecule has 0 radical (unpaired) electrons. The lowest BCUT2D eigenvalue weighted by atomic mass is 9.99. The number of fused-ring (bicyclic) bond motifs is 1. The van der Waals surface area contributed by atoms with E-state index in [4.69, 9.17) is 15.9 Å². The molecule has 5 N–H and O–H groups in total. The predicted molar refractivity (Wildman–Crippen MR) is 73.7 cm³/mol. The number of rotatable bonds is 2. The molecule has 0 aliphatic carbocycles. The minimum Gasteiger partial charge on any atom is -0.408 e. The summed E-state index contributed by atoms with van der Waals surface area (Å²) < 4.78 is 4.96. The molecule has 1 unspecified atom stereocenters. The van der Waals surface area contributed by atoms with Crippen molar-refractivity contribution in [1.29, 1.82) is 0 Å². The van der Waals surface area contributed by atoms with Gasteiger partial charge < -0.3 is 15.9 Å². The minimum atomic E-state index is -0.468. The Morgan fingerprint density at radius 2 is 1.89 bits per heavy atom. The highest BCUT2D eigenvalue weighted by Crippen LogP contribution is 2.23. The first-order chi connectivity index (χ1) is 9.13. The van der Waals surface area contributed by atoms with Gasteiger partial charge in [0.15, 0.2) is 5.58 Å². The van der Waals surface area contributed by atoms with Gasteiger partial charge in [0.2, 0.25) is 0 Å². The quantitative estimate of drug-likeness (QED) is 0.607. The fourth-order valence-corrected chi connectivity index (χ4v) is 2.11. The van der Waals surface area contributed by atoms with Crippen molar-refractivity contribution in [1.82, 2.24) is 4.98 Å². The van der Waals surface area contributed by atoms with Gasteiger partial charge in [0.25, 0.3) is 0 Å². The minimum absolute atomic E-state index is 0.300. The van der Waals surface area contributed by atoms with Gasteiger partial charge in [-0.25, -0.2) is 4.79 Å². The van der Waals surface area contributed by atoms with Crippen LogP contribution in [0, 0.1) is 0 Å². The van der Waals surface area contributed by atoms with Crippen molar-refractivity contribution >= 4 is 16.8 Å². The summed E-state index contributed by atoms with van der Waals surface area (Å²) in [6, 6.07) is 12.5. The van der Waals surface area contributed by atoms with Crippen LogP contribution in [0.3, 0.4) is 0 Å². The van der Waals surface area contributed by atoms with E-state index in [1.165, 1.54) is 0 Å². The van der Waals surface area contributed by atoms with Crippen molar-refractivity contribution in [2.45, 2.75) is 6.04 Å². The normalized spacial score (nSPS) is 12.7. The van der Waals surface area contributed by atoms with Crippen molar-refractivity contribution in [2.24, 2.45) is 5.73 Å². The van der Waals surface area contributed by atoms with Crippen LogP contribution in [0.25, 0.3) is 11.1 Å². The Labute approximate surface area is 108 Å². The first kappa shape index (κ1) is 11.6. The van der Waals surface area contributed by atoms with Gasteiger partial charge >= 0.3 is 5.76 Å². The Morgan fingerprint density at radius 3 is 2.68 bits per heavy atom. The molecule has 0 amide bonds. The number of aromatic amines is 1. The number of anilines is 1. The SMILES string of the molecule is Nc1cccc(C(N)c2ccc3oc(=O)[nH]c3c2)c1. The first-order valence-electron chi connectivity index (χ1n) is 5.87. The highest BCUT2D eigenvalue weighted by molar-refractivity contribution is 5.73. The molecule has 19 heavy (non-hydrogen) atoms. The highest BCUT2D eigenvalue weighted by atomic mass is 16.4. The molecule has 0 fully saturated rings. The number of aromatic nitrogens is 1. The summed E-state index contributed by atoms with van der Waals surface area (Å²) in [7, 11) is 0. The van der Waals surface area contributed by atoms with E-state index >= 15 is 0 Å². The van der Waals surface area contributed by atoms with Gasteiger partial charge in [-0.2, -0.15) is 0 Å². The Bertz CT molecular complexity index is 788. The molecule has 0 aliphatic heterocycles. The molecular formula is C14H13N3O2. The van der Waals surface area contributed by atoms with Crippen molar-refractivity contribution in [3.8, 4) is 0 Å². The topological polar surface area (TPSA) is 98.0 Å². The predicted octanol–water partition coefficient (Wildman–Crippen LogP) is 1.75. The summed E-state index contributed by atoms with van der Waals surface area (Å²) in [5, 5.41) is 0. The fourth-order valence-electron chi connectivity index (χ4n) is 2.11. The number of nitrogens with two attached hydrogens (primary N) is 2. The molecule has 96 valence electrons. The molecule has 0 spiro atoms. The molecule has 5 nitrogen and oxygen atoms in total. The lowest BCUT2D eigenvalue weighted by Gasteiger charge is -2.12. The van der Waals surface area contributed by atoms with Gasteiger partial charge in [-0.1, -0.05) is 18.2 Å². The van der Waals surface area contributed by atoms with Crippen LogP contribution in [0.1, 0.15) is 17.2 Å². The van der Waals surface area contributed by atoms with Crippen LogP contribution in [0.2, 0.25) is 0 Å². The lowest BCUT2D eigenvalue weighted by Crippen LogP contribution is -2.12. The summed E-state index contributed by atoms with van der Waals surface area (Å²) in [6.45, 7) is 0. The number of hydrogen-bond acceptors (Lipinski definition) is 4. The smallest absolute Gasteiger partial charge is 0.408 e. The van der Waals surface area contributed by atoms with Crippen LogP contribution >= 0.6 is 0 Å². The molecule has 1 heterocycles. The van der Waals surface area contributed by atoms with Crippen molar-refractivity contribution in [3.63, 3.8) is 0 Å². The molecule has 5 heteroatoms. The van der Waals surface area contributed by atoms with Crippen LogP contribution in [0.5, 0.6) is 0 Å². The van der Waals surface area contributed by atoms with Crippen LogP contribution in [-0.4, -0.2) is 4.98 Å². The second-order valence-electron chi connectivity index (χ2n) is 4.42. The molecule has 3 aromatic rings. The van der Waals surface area contributed by atoms with Gasteiger partial charge in [0.1, 0.15) is 0 Å². The maximum atomic E-state index is 11.1. The summed E-state index contributed by atoms with van der Waals surface area (Å²) in [4.78, 5) is 13.7. The molecule has 1 aromatic heterocycles. The van der Waals surface area contributed by atoms with E-state index in [-0.39, 0.29) is 6.04 Å². The number of nitrogen functional groups attached to an aromatic ring is 1. The lowest BCUT2D eigenvalue weighted by molar-refractivity contribution is 0.555. The molecule has 3 rings (SSSR count). The zero-order chi connectivity index (χ0) is 13.4. The number of nitrogens with one attached hydrogen (secondary N) is 1. The van der Waals surface area contributed by atoms with Crippen LogP contribution in [0.4, 0.5) is 5.69 Å². The third-order valence-electron chi connectivity index (χ3n) is 3.07. The monoisotopic (exact) mass is 255 g/mol. The van der Waals surface area contributed by atoms with Crippen molar-refractivity contribution in [2.75, 3.05) is 5.73 Å². The molecule has 1 atom stereocenters. The van der Waals surface area contributed by atoms with Gasteiger partial charge in [-0.05, 0) is 35.4 Å². The Kier molecular flexibility index (Phi) is 2.61. The van der Waals surface area contributed by atoms with Gasteiger partial charge in [-0.3, -0.25) is 4.98 Å². The van der Waals surface area contributed by atoms with Gasteiger partial charge in [-0.15, -0.1) is 0 Å². The molecule has 2 aromatic carbocycles. The van der Waals surface area contributed by atoms with E-state index in [1.807, 2.05) is 36.4 Å². The molecular weight excluding hydrogens is 242 g/mol. The van der Waals surface area contributed by atoms with E-state index in [2.05, 4.69) is 4.98 Å². The maximum Gasteiger partial charge on any atom is 0.417 e. The standard InChI is InChI=1S/C14H13N3O2/c15-10-3-1-2-8(6-10)13(16)9-4-5-12-11(7-9)17-14(18)19-12/h1-7,13H,15-16H2,(H,17,18). The highest BCUT2D eigenvalue weighted by Gasteiger charge is 2.11. The molecule has 0 saturated heterocycles. The summed E-state index contributed by atoms with van der Waals surface area (Å²) >= 11 is 0. The van der Waals surface area contributed by atoms with Crippen LogP contribution < -0.4 is 17.2 Å². The van der Waals surface area contributed by atoms with E-state index < -0.39 is 5.76 Å². The number of H-pyrrole nitrogens is 1. The molecule has 0 bridgehead atoms. The zero-order valence-corrected chi connectivity index (χ0v) is 10.1. The second-order valence-corrected chi connectivity index (χ2v) is 4.42.